The van der Waals surface area contributed by atoms with Gasteiger partial charge in [0.2, 0.25) is 15.9 Å². The number of sulfonamides is 1. The first-order chi connectivity index (χ1) is 9.82. The van der Waals surface area contributed by atoms with Crippen LogP contribution in [0.1, 0.15) is 15.9 Å². The number of hydrogen-bond donors (Lipinski definition) is 3. The summed E-state index contributed by atoms with van der Waals surface area (Å²) in [5.41, 5.74) is 11.8. The number of nitrogens with zero attached hydrogens (tertiary/aromatic N) is 2. The maximum Gasteiger partial charge on any atom is 0.248 e. The molecule has 0 aliphatic carbocycles. The molecule has 0 aliphatic heterocycles. The normalized spacial score (nSPS) is 11.7. The van der Waals surface area contributed by atoms with Crippen LogP contribution in [0.15, 0.2) is 35.4 Å². The average Bonchev–Trinajstić information content (AvgIpc) is 2.86. The Kier molecular flexibility index (Phi) is 3.96. The third-order valence-corrected chi connectivity index (χ3v) is 4.80. The number of amides is 1. The van der Waals surface area contributed by atoms with Crippen LogP contribution in [0.2, 0.25) is 0 Å². The minimum atomic E-state index is -3.73. The third kappa shape index (κ3) is 3.03. The number of aromatic nitrogens is 2. The molecule has 0 saturated heterocycles. The van der Waals surface area contributed by atoms with Crippen molar-refractivity contribution in [3.05, 3.63) is 41.6 Å². The zero-order chi connectivity index (χ0) is 15.6. The van der Waals surface area contributed by atoms with Gasteiger partial charge in [-0.25, -0.2) is 8.42 Å². The first-order valence-corrected chi connectivity index (χ1v) is 7.40. The molecule has 0 fully saturated rings. The molecule has 9 heteroatoms. The van der Waals surface area contributed by atoms with Crippen LogP contribution in [0.25, 0.3) is 0 Å². The lowest BCUT2D eigenvalue weighted by Crippen LogP contribution is -2.26. The lowest BCUT2D eigenvalue weighted by molar-refractivity contribution is 0.1000. The summed E-state index contributed by atoms with van der Waals surface area (Å²) in [7, 11) is -2.29. The summed E-state index contributed by atoms with van der Waals surface area (Å²) in [6.45, 7) is 0.131. The van der Waals surface area contributed by atoms with E-state index in [1.807, 2.05) is 0 Å². The predicted molar refractivity (Wildman–Crippen MR) is 76.6 cm³/mol. The monoisotopic (exact) mass is 309 g/mol. The maximum atomic E-state index is 12.3. The van der Waals surface area contributed by atoms with Crippen molar-refractivity contribution in [1.82, 2.24) is 14.5 Å². The Morgan fingerprint density at radius 3 is 2.43 bits per heavy atom. The molecule has 5 N–H and O–H groups in total. The zero-order valence-electron chi connectivity index (χ0n) is 11.3. The van der Waals surface area contributed by atoms with Crippen molar-refractivity contribution in [3.63, 3.8) is 0 Å². The van der Waals surface area contributed by atoms with Gasteiger partial charge in [0, 0.05) is 19.2 Å². The van der Waals surface area contributed by atoms with Crippen molar-refractivity contribution in [3.8, 4) is 0 Å². The quantitative estimate of drug-likeness (QED) is 0.709. The van der Waals surface area contributed by atoms with Crippen molar-refractivity contribution in [2.24, 2.45) is 5.73 Å². The van der Waals surface area contributed by atoms with E-state index in [0.717, 1.165) is 10.5 Å². The van der Waals surface area contributed by atoms with E-state index in [2.05, 4.69) is 10.2 Å². The van der Waals surface area contributed by atoms with E-state index in [1.165, 1.54) is 7.05 Å². The van der Waals surface area contributed by atoms with Crippen LogP contribution in [-0.2, 0) is 16.6 Å². The van der Waals surface area contributed by atoms with Gasteiger partial charge in [-0.3, -0.25) is 9.89 Å². The molecule has 1 heterocycles. The Balaban J connectivity index is 2.19. The standard InChI is InChI=1S/C12H15N5O3S/c1-17(21(19,20)10-6-15-16-11(10)13)7-8-2-4-9(5-3-8)12(14)18/h2-6H,7H2,1H3,(H2,14,18)(H3,13,15,16). The molecular formula is C12H15N5O3S. The molecule has 2 rings (SSSR count). The molecule has 0 unspecified atom stereocenters. The summed E-state index contributed by atoms with van der Waals surface area (Å²) >= 11 is 0. The number of nitrogens with one attached hydrogen (secondary N) is 1. The number of carbonyl (C=O) groups excluding carboxylic acids is 1. The number of aromatic amines is 1. The maximum absolute atomic E-state index is 12.3. The molecule has 0 saturated carbocycles. The van der Waals surface area contributed by atoms with Gasteiger partial charge in [0.05, 0.1) is 6.20 Å². The highest BCUT2D eigenvalue weighted by Gasteiger charge is 2.24. The fraction of sp³-hybridized carbons (Fsp3) is 0.167. The molecule has 21 heavy (non-hydrogen) atoms. The molecule has 1 aromatic carbocycles. The van der Waals surface area contributed by atoms with E-state index in [9.17, 15) is 13.2 Å². The van der Waals surface area contributed by atoms with Crippen LogP contribution in [0.3, 0.4) is 0 Å². The van der Waals surface area contributed by atoms with E-state index in [-0.39, 0.29) is 17.3 Å². The Hall–Kier alpha value is -2.39. The number of rotatable bonds is 5. The summed E-state index contributed by atoms with van der Waals surface area (Å²) < 4.78 is 25.8. The fourth-order valence-electron chi connectivity index (χ4n) is 1.78. The second-order valence-corrected chi connectivity index (χ2v) is 6.48. The first-order valence-electron chi connectivity index (χ1n) is 5.96. The molecule has 0 spiro atoms. The Bertz CT molecular complexity index is 751. The summed E-state index contributed by atoms with van der Waals surface area (Å²) in [5.74, 6) is -0.542. The molecule has 0 radical (unpaired) electrons. The van der Waals surface area contributed by atoms with E-state index >= 15 is 0 Å². The number of nitrogen functional groups attached to an aromatic ring is 1. The SMILES string of the molecule is CN(Cc1ccc(C(N)=O)cc1)S(=O)(=O)c1cn[nH]c1N. The van der Waals surface area contributed by atoms with Crippen LogP contribution >= 0.6 is 0 Å². The average molecular weight is 309 g/mol. The number of carbonyl (C=O) groups is 1. The molecule has 1 aromatic heterocycles. The highest BCUT2D eigenvalue weighted by molar-refractivity contribution is 7.89. The van der Waals surface area contributed by atoms with E-state index in [4.69, 9.17) is 11.5 Å². The number of H-pyrrole nitrogens is 1. The highest BCUT2D eigenvalue weighted by Crippen LogP contribution is 2.20. The van der Waals surface area contributed by atoms with Gasteiger partial charge in [0.25, 0.3) is 0 Å². The van der Waals surface area contributed by atoms with Gasteiger partial charge < -0.3 is 11.5 Å². The van der Waals surface area contributed by atoms with Gasteiger partial charge in [-0.1, -0.05) is 12.1 Å². The molecule has 8 nitrogen and oxygen atoms in total. The van der Waals surface area contributed by atoms with Gasteiger partial charge >= 0.3 is 0 Å². The fourth-order valence-corrected chi connectivity index (χ4v) is 2.94. The van der Waals surface area contributed by atoms with Crippen LogP contribution in [0.4, 0.5) is 5.82 Å². The van der Waals surface area contributed by atoms with Crippen LogP contribution in [0, 0.1) is 0 Å². The van der Waals surface area contributed by atoms with Gasteiger partial charge in [-0.2, -0.15) is 9.40 Å². The molecule has 112 valence electrons. The van der Waals surface area contributed by atoms with Crippen LogP contribution in [-0.4, -0.2) is 35.9 Å². The number of hydrogen-bond acceptors (Lipinski definition) is 5. The number of primary amides is 1. The van der Waals surface area contributed by atoms with Crippen molar-refractivity contribution in [2.75, 3.05) is 12.8 Å². The smallest absolute Gasteiger partial charge is 0.248 e. The van der Waals surface area contributed by atoms with E-state index in [1.54, 1.807) is 24.3 Å². The van der Waals surface area contributed by atoms with Crippen molar-refractivity contribution < 1.29 is 13.2 Å². The predicted octanol–water partition coefficient (Wildman–Crippen LogP) is -0.0885. The van der Waals surface area contributed by atoms with Crippen LogP contribution < -0.4 is 11.5 Å². The lowest BCUT2D eigenvalue weighted by Gasteiger charge is -2.16. The number of anilines is 1. The largest absolute Gasteiger partial charge is 0.383 e. The molecular weight excluding hydrogens is 294 g/mol. The van der Waals surface area contributed by atoms with Crippen molar-refractivity contribution >= 4 is 21.7 Å². The van der Waals surface area contributed by atoms with Crippen molar-refractivity contribution in [1.29, 1.82) is 0 Å². The Morgan fingerprint density at radius 1 is 1.33 bits per heavy atom. The first kappa shape index (κ1) is 15.0. The second-order valence-electron chi connectivity index (χ2n) is 4.47. The van der Waals surface area contributed by atoms with E-state index in [0.29, 0.717) is 11.1 Å². The van der Waals surface area contributed by atoms with E-state index < -0.39 is 15.9 Å². The second kappa shape index (κ2) is 5.54. The van der Waals surface area contributed by atoms with Gasteiger partial charge in [0.15, 0.2) is 0 Å². The number of nitrogens with two attached hydrogens (primary N) is 2. The minimum absolute atomic E-state index is 0.00840. The van der Waals surface area contributed by atoms with Crippen LogP contribution in [0.5, 0.6) is 0 Å². The minimum Gasteiger partial charge on any atom is -0.383 e. The molecule has 2 aromatic rings. The zero-order valence-corrected chi connectivity index (χ0v) is 12.1. The molecule has 0 bridgehead atoms. The summed E-state index contributed by atoms with van der Waals surface area (Å²) in [6.07, 6.45) is 1.16. The highest BCUT2D eigenvalue weighted by atomic mass is 32.2. The third-order valence-electron chi connectivity index (χ3n) is 2.96. The summed E-state index contributed by atoms with van der Waals surface area (Å²) in [6, 6.07) is 6.38. The molecule has 0 aliphatic rings. The van der Waals surface area contributed by atoms with Crippen molar-refractivity contribution in [2.45, 2.75) is 11.4 Å². The number of benzene rings is 1. The van der Waals surface area contributed by atoms with Gasteiger partial charge in [0.1, 0.15) is 10.7 Å². The summed E-state index contributed by atoms with van der Waals surface area (Å²) in [4.78, 5) is 10.9. The topological polar surface area (TPSA) is 135 Å². The summed E-state index contributed by atoms with van der Waals surface area (Å²) in [5, 5.41) is 5.99. The van der Waals surface area contributed by atoms with Gasteiger partial charge in [-0.15, -0.1) is 0 Å². The molecule has 1 amide bonds. The Morgan fingerprint density at radius 2 is 1.95 bits per heavy atom. The van der Waals surface area contributed by atoms with Gasteiger partial charge in [-0.05, 0) is 17.7 Å². The lowest BCUT2D eigenvalue weighted by atomic mass is 10.1. The Labute approximate surface area is 121 Å². The molecule has 0 atom stereocenters.